The molecule has 14 nitrogen and oxygen atoms in total. The highest BCUT2D eigenvalue weighted by atomic mass is 35.5. The van der Waals surface area contributed by atoms with Crippen molar-refractivity contribution >= 4 is 23.5 Å². The fourth-order valence-corrected chi connectivity index (χ4v) is 7.78. The van der Waals surface area contributed by atoms with E-state index >= 15 is 0 Å². The Morgan fingerprint density at radius 2 is 1.39 bits per heavy atom. The summed E-state index contributed by atoms with van der Waals surface area (Å²) in [5.41, 5.74) is 6.02. The number of hydrogen-bond acceptors (Lipinski definition) is 12. The van der Waals surface area contributed by atoms with Crippen LogP contribution in [0.4, 0.5) is 0 Å². The van der Waals surface area contributed by atoms with Crippen LogP contribution in [0.2, 0.25) is 5.02 Å². The zero-order chi connectivity index (χ0) is 43.3. The highest BCUT2D eigenvalue weighted by molar-refractivity contribution is 6.31. The highest BCUT2D eigenvalue weighted by Gasteiger charge is 2.34. The number of aliphatic hydroxyl groups is 2. The highest BCUT2D eigenvalue weighted by Crippen LogP contribution is 2.45. The monoisotopic (exact) mass is 847 g/mol. The summed E-state index contributed by atoms with van der Waals surface area (Å²) in [5, 5.41) is 53.8. The van der Waals surface area contributed by atoms with Crippen molar-refractivity contribution in [2.45, 2.75) is 82.5 Å². The molecule has 2 heterocycles. The van der Waals surface area contributed by atoms with Crippen molar-refractivity contribution in [3.63, 3.8) is 0 Å². The lowest BCUT2D eigenvalue weighted by Gasteiger charge is -2.24. The van der Waals surface area contributed by atoms with Gasteiger partial charge in [0.15, 0.2) is 0 Å². The average Bonchev–Trinajstić information content (AvgIpc) is 3.89. The summed E-state index contributed by atoms with van der Waals surface area (Å²) in [6, 6.07) is 25.4. The Kier molecular flexibility index (Phi) is 12.9. The molecule has 0 bridgehead atoms. The second kappa shape index (κ2) is 18.3. The van der Waals surface area contributed by atoms with Crippen molar-refractivity contribution in [3.8, 4) is 34.7 Å². The summed E-state index contributed by atoms with van der Waals surface area (Å²) in [5.74, 6) is -1.37. The molecule has 0 saturated carbocycles. The van der Waals surface area contributed by atoms with Crippen LogP contribution >= 0.6 is 11.6 Å². The molecule has 0 radical (unpaired) electrons. The first-order chi connectivity index (χ1) is 29.3. The number of benzene rings is 3. The zero-order valence-electron chi connectivity index (χ0n) is 33.7. The average molecular weight is 848 g/mol. The van der Waals surface area contributed by atoms with Crippen LogP contribution in [0.5, 0.6) is 17.5 Å². The second-order valence-electron chi connectivity index (χ2n) is 15.7. The minimum Gasteiger partial charge on any atom is -0.486 e. The van der Waals surface area contributed by atoms with E-state index in [0.717, 1.165) is 47.1 Å². The predicted molar refractivity (Wildman–Crippen MR) is 224 cm³/mol. The Balaban J connectivity index is 1.09. The summed E-state index contributed by atoms with van der Waals surface area (Å²) in [6.45, 7) is 1.86. The first kappa shape index (κ1) is 43.0. The van der Waals surface area contributed by atoms with Gasteiger partial charge in [-0.3, -0.25) is 25.2 Å². The first-order valence-corrected chi connectivity index (χ1v) is 20.2. The molecule has 0 aliphatic heterocycles. The molecular formula is C46H46ClN5O9. The van der Waals surface area contributed by atoms with Crippen LogP contribution in [0.1, 0.15) is 83.4 Å². The number of aromatic nitrogens is 2. The maximum atomic E-state index is 11.9. The van der Waals surface area contributed by atoms with E-state index in [1.54, 1.807) is 18.3 Å². The second-order valence-corrected chi connectivity index (χ2v) is 16.1. The normalized spacial score (nSPS) is 17.3. The van der Waals surface area contributed by atoms with Gasteiger partial charge in [0.05, 0.1) is 18.8 Å². The van der Waals surface area contributed by atoms with E-state index in [0.29, 0.717) is 28.9 Å². The number of pyridine rings is 2. The number of carbonyl (C=O) groups is 2. The Morgan fingerprint density at radius 1 is 0.803 bits per heavy atom. The SMILES string of the molecule is CC(CO)(NCc1ccc(O[C@H]2CCc3c(-c4cccc5c4CC[C@@H]5Oc4nc(OCc5cncc(C#N)c5)c(CNC(C)(CO)C(=O)O)cc4Cl)cccc32)cc1)C(=O)O. The smallest absolute Gasteiger partial charge is 0.326 e. The number of fused-ring (bicyclic) bond motifs is 2. The molecule has 2 aliphatic carbocycles. The molecule has 0 fully saturated rings. The molecule has 0 amide bonds. The Bertz CT molecular complexity index is 2480. The van der Waals surface area contributed by atoms with Crippen molar-refractivity contribution in [2.75, 3.05) is 13.2 Å². The standard InChI is InChI=1S/C46H46ClN5O9/c1-45(25-53,43(55)56)50-22-27-9-11-31(12-10-27)60-39-15-13-34-32(5-3-7-36(34)39)33-6-4-8-37-35(33)14-16-40(37)61-42-38(47)18-30(23-51-46(2,26-54)44(57)58)41(52-42)59-24-29-17-28(19-48)20-49-21-29/h3-12,17-18,20-21,39-40,50-51,53-54H,13-16,22-26H2,1-2H3,(H,55,56)(H,57,58)/t39-,40-,45?,46?/m0/s1. The molecule has 2 unspecified atom stereocenters. The van der Waals surface area contributed by atoms with E-state index in [1.165, 1.54) is 31.2 Å². The number of carboxylic acids is 2. The molecule has 4 atom stereocenters. The van der Waals surface area contributed by atoms with Crippen LogP contribution in [0.25, 0.3) is 11.1 Å². The van der Waals surface area contributed by atoms with Crippen LogP contribution in [0, 0.1) is 11.3 Å². The Labute approximate surface area is 357 Å². The lowest BCUT2D eigenvalue weighted by molar-refractivity contribution is -0.146. The summed E-state index contributed by atoms with van der Waals surface area (Å²) < 4.78 is 19.2. The lowest BCUT2D eigenvalue weighted by atomic mass is 9.91. The zero-order valence-corrected chi connectivity index (χ0v) is 34.4. The number of nitrogens with zero attached hydrogens (tertiary/aromatic N) is 3. The van der Waals surface area contributed by atoms with Gasteiger partial charge < -0.3 is 34.6 Å². The van der Waals surface area contributed by atoms with E-state index in [2.05, 4.69) is 57.0 Å². The molecule has 3 aromatic carbocycles. The number of rotatable bonds is 18. The van der Waals surface area contributed by atoms with Gasteiger partial charge in [-0.25, -0.2) is 0 Å². The van der Waals surface area contributed by atoms with Gasteiger partial charge in [0.1, 0.15) is 46.7 Å². The predicted octanol–water partition coefficient (Wildman–Crippen LogP) is 6.23. The van der Waals surface area contributed by atoms with E-state index in [9.17, 15) is 35.3 Å². The minimum absolute atomic E-state index is 0.00851. The number of carboxylic acid groups (broad SMARTS) is 2. The van der Waals surface area contributed by atoms with Crippen LogP contribution in [0.15, 0.2) is 85.2 Å². The van der Waals surface area contributed by atoms with Gasteiger partial charge >= 0.3 is 11.9 Å². The molecule has 5 aromatic rings. The number of ether oxygens (including phenoxy) is 3. The van der Waals surface area contributed by atoms with Crippen LogP contribution < -0.4 is 24.8 Å². The lowest BCUT2D eigenvalue weighted by Crippen LogP contribution is -2.52. The van der Waals surface area contributed by atoms with Crippen molar-refractivity contribution < 1.29 is 44.2 Å². The quantitative estimate of drug-likeness (QED) is 0.0577. The van der Waals surface area contributed by atoms with E-state index in [1.807, 2.05) is 30.3 Å². The summed E-state index contributed by atoms with van der Waals surface area (Å²) in [6.07, 6.45) is 5.57. The maximum Gasteiger partial charge on any atom is 0.326 e. The summed E-state index contributed by atoms with van der Waals surface area (Å²) in [7, 11) is 0. The molecule has 61 heavy (non-hydrogen) atoms. The van der Waals surface area contributed by atoms with Gasteiger partial charge in [0, 0.05) is 36.6 Å². The van der Waals surface area contributed by atoms with E-state index in [-0.39, 0.29) is 48.7 Å². The van der Waals surface area contributed by atoms with Gasteiger partial charge in [0.25, 0.3) is 0 Å². The van der Waals surface area contributed by atoms with Gasteiger partial charge in [-0.05, 0) is 103 Å². The third kappa shape index (κ3) is 9.31. The van der Waals surface area contributed by atoms with Crippen LogP contribution in [-0.4, -0.2) is 66.6 Å². The minimum atomic E-state index is -1.63. The van der Waals surface area contributed by atoms with E-state index in [4.69, 9.17) is 25.8 Å². The number of nitrogens with one attached hydrogen (secondary N) is 2. The third-order valence-electron chi connectivity index (χ3n) is 11.4. The van der Waals surface area contributed by atoms with Crippen LogP contribution in [-0.2, 0) is 42.1 Å². The maximum absolute atomic E-state index is 11.9. The van der Waals surface area contributed by atoms with Crippen molar-refractivity contribution in [1.82, 2.24) is 20.6 Å². The molecule has 0 spiro atoms. The number of nitriles is 1. The molecule has 7 rings (SSSR count). The molecule has 316 valence electrons. The number of aliphatic hydroxyl groups excluding tert-OH is 2. The summed E-state index contributed by atoms with van der Waals surface area (Å²) in [4.78, 5) is 32.2. The van der Waals surface area contributed by atoms with E-state index < -0.39 is 36.2 Å². The number of aliphatic carboxylic acids is 2. The molecule has 15 heteroatoms. The fourth-order valence-electron chi connectivity index (χ4n) is 7.56. The number of hydrogen-bond donors (Lipinski definition) is 6. The Morgan fingerprint density at radius 3 is 1.97 bits per heavy atom. The molecule has 2 aromatic heterocycles. The van der Waals surface area contributed by atoms with Crippen molar-refractivity contribution in [2.24, 2.45) is 0 Å². The van der Waals surface area contributed by atoms with Gasteiger partial charge in [-0.2, -0.15) is 10.2 Å². The summed E-state index contributed by atoms with van der Waals surface area (Å²) >= 11 is 6.80. The topological polar surface area (TPSA) is 216 Å². The van der Waals surface area contributed by atoms with Gasteiger partial charge in [-0.15, -0.1) is 0 Å². The fraction of sp³-hybridized carbons (Fsp3) is 0.326. The van der Waals surface area contributed by atoms with Gasteiger partial charge in [-0.1, -0.05) is 60.1 Å². The van der Waals surface area contributed by atoms with Crippen molar-refractivity contribution in [1.29, 1.82) is 5.26 Å². The van der Waals surface area contributed by atoms with Gasteiger partial charge in [0.2, 0.25) is 11.8 Å². The molecular weight excluding hydrogens is 802 g/mol. The van der Waals surface area contributed by atoms with Crippen LogP contribution in [0.3, 0.4) is 0 Å². The third-order valence-corrected chi connectivity index (χ3v) is 11.7. The van der Waals surface area contributed by atoms with Crippen molar-refractivity contribution in [3.05, 3.63) is 135 Å². The largest absolute Gasteiger partial charge is 0.486 e. The molecule has 6 N–H and O–H groups in total. The first-order valence-electron chi connectivity index (χ1n) is 19.9. The molecule has 2 aliphatic rings. The number of halogens is 1. The molecule has 0 saturated heterocycles. The Hall–Kier alpha value is -6.08.